The Morgan fingerprint density at radius 3 is 2.93 bits per heavy atom. The average molecular weight is 195 g/mol. The zero-order chi connectivity index (χ0) is 10.6. The lowest BCUT2D eigenvalue weighted by Gasteiger charge is -2.07. The van der Waals surface area contributed by atoms with Gasteiger partial charge in [0.2, 0.25) is 0 Å². The zero-order valence-electron chi connectivity index (χ0n) is 8.20. The summed E-state index contributed by atoms with van der Waals surface area (Å²) in [6.45, 7) is 1.78. The highest BCUT2D eigenvalue weighted by Crippen LogP contribution is 2.18. The van der Waals surface area contributed by atoms with Gasteiger partial charge in [-0.15, -0.1) is 0 Å². The molecule has 0 radical (unpaired) electrons. The van der Waals surface area contributed by atoms with E-state index in [0.29, 0.717) is 11.6 Å². The summed E-state index contributed by atoms with van der Waals surface area (Å²) in [7, 11) is 1.54. The minimum Gasteiger partial charge on any atom is -0.480 e. The van der Waals surface area contributed by atoms with Gasteiger partial charge in [0.1, 0.15) is 0 Å². The van der Waals surface area contributed by atoms with Crippen LogP contribution in [0, 0.1) is 6.92 Å². The monoisotopic (exact) mass is 195 g/mol. The number of rotatable bonds is 3. The van der Waals surface area contributed by atoms with Gasteiger partial charge in [0.05, 0.1) is 0 Å². The fraction of sp³-hybridized carbons (Fsp3) is 0.333. The van der Waals surface area contributed by atoms with Crippen LogP contribution in [0.2, 0.25) is 0 Å². The number of aromatic nitrogens is 1. The van der Waals surface area contributed by atoms with Gasteiger partial charge >= 0.3 is 0 Å². The van der Waals surface area contributed by atoms with E-state index in [9.17, 15) is 4.79 Å². The topological polar surface area (TPSA) is 77.2 Å². The zero-order valence-corrected chi connectivity index (χ0v) is 8.20. The maximum atomic E-state index is 10.9. The Balaban J connectivity index is 2.63. The van der Waals surface area contributed by atoms with Crippen LogP contribution in [0.15, 0.2) is 12.1 Å². The Kier molecular flexibility index (Phi) is 3.28. The molecule has 1 aromatic rings. The third-order valence-corrected chi connectivity index (χ3v) is 1.66. The van der Waals surface area contributed by atoms with E-state index in [0.717, 1.165) is 5.69 Å². The van der Waals surface area contributed by atoms with Gasteiger partial charge in [0.25, 0.3) is 5.91 Å². The highest BCUT2D eigenvalue weighted by molar-refractivity contribution is 5.77. The Labute approximate surface area is 82.3 Å². The molecule has 14 heavy (non-hydrogen) atoms. The van der Waals surface area contributed by atoms with Crippen molar-refractivity contribution < 1.29 is 9.53 Å². The molecule has 0 aliphatic carbocycles. The summed E-state index contributed by atoms with van der Waals surface area (Å²) < 4.78 is 5.14. The summed E-state index contributed by atoms with van der Waals surface area (Å²) in [5.74, 6) is 0.526. The quantitative estimate of drug-likeness (QED) is 0.717. The van der Waals surface area contributed by atoms with E-state index in [4.69, 9.17) is 10.5 Å². The van der Waals surface area contributed by atoms with Crippen LogP contribution in [0.25, 0.3) is 0 Å². The number of amides is 1. The molecule has 76 valence electrons. The van der Waals surface area contributed by atoms with Crippen LogP contribution in [0.1, 0.15) is 5.69 Å². The first kappa shape index (κ1) is 10.3. The lowest BCUT2D eigenvalue weighted by molar-refractivity contribution is -0.122. The fourth-order valence-corrected chi connectivity index (χ4v) is 0.902. The summed E-state index contributed by atoms with van der Waals surface area (Å²) in [5.41, 5.74) is 6.40. The number of nitrogen functional groups attached to an aromatic ring is 1. The van der Waals surface area contributed by atoms with Crippen molar-refractivity contribution in [1.82, 2.24) is 10.3 Å². The van der Waals surface area contributed by atoms with Gasteiger partial charge < -0.3 is 15.8 Å². The highest BCUT2D eigenvalue weighted by atomic mass is 16.5. The van der Waals surface area contributed by atoms with E-state index in [1.807, 2.05) is 6.92 Å². The molecule has 0 saturated heterocycles. The van der Waals surface area contributed by atoms with E-state index in [1.54, 1.807) is 19.2 Å². The third-order valence-electron chi connectivity index (χ3n) is 1.66. The maximum absolute atomic E-state index is 10.9. The summed E-state index contributed by atoms with van der Waals surface area (Å²) in [4.78, 5) is 14.9. The minimum atomic E-state index is -0.204. The largest absolute Gasteiger partial charge is 0.480 e. The Hall–Kier alpha value is -1.78. The van der Waals surface area contributed by atoms with Crippen molar-refractivity contribution in [3.8, 4) is 5.75 Å². The first-order valence-electron chi connectivity index (χ1n) is 4.20. The standard InChI is InChI=1S/C9H13N3O2/c1-6-3-4-7(9(10)12-6)14-5-8(13)11-2/h3-4H,5H2,1-2H3,(H2,10,12)(H,11,13). The second kappa shape index (κ2) is 4.45. The van der Waals surface area contributed by atoms with E-state index in [2.05, 4.69) is 10.3 Å². The van der Waals surface area contributed by atoms with E-state index < -0.39 is 0 Å². The molecule has 0 spiro atoms. The SMILES string of the molecule is CNC(=O)COc1ccc(C)nc1N. The van der Waals surface area contributed by atoms with Gasteiger partial charge in [0, 0.05) is 12.7 Å². The number of carbonyl (C=O) groups excluding carboxylic acids is 1. The van der Waals surface area contributed by atoms with Gasteiger partial charge in [-0.3, -0.25) is 4.79 Å². The molecule has 1 amide bonds. The molecule has 0 bridgehead atoms. The van der Waals surface area contributed by atoms with E-state index in [-0.39, 0.29) is 12.5 Å². The molecule has 0 atom stereocenters. The number of likely N-dealkylation sites (N-methyl/N-ethyl adjacent to an activating group) is 1. The summed E-state index contributed by atoms with van der Waals surface area (Å²) in [6.07, 6.45) is 0. The lowest BCUT2D eigenvalue weighted by Crippen LogP contribution is -2.25. The van der Waals surface area contributed by atoms with Gasteiger partial charge in [-0.1, -0.05) is 0 Å². The summed E-state index contributed by atoms with van der Waals surface area (Å²) in [5, 5.41) is 2.44. The van der Waals surface area contributed by atoms with Crippen LogP contribution in [0.5, 0.6) is 5.75 Å². The third kappa shape index (κ3) is 2.62. The first-order valence-corrected chi connectivity index (χ1v) is 4.20. The van der Waals surface area contributed by atoms with Gasteiger partial charge in [-0.05, 0) is 19.1 Å². The molecule has 0 fully saturated rings. The lowest BCUT2D eigenvalue weighted by atomic mass is 10.3. The Bertz CT molecular complexity index is 339. The number of hydrogen-bond donors (Lipinski definition) is 2. The van der Waals surface area contributed by atoms with Crippen LogP contribution in [-0.4, -0.2) is 24.5 Å². The molecule has 1 rings (SSSR count). The minimum absolute atomic E-state index is 0.0502. The van der Waals surface area contributed by atoms with Crippen LogP contribution in [0.3, 0.4) is 0 Å². The highest BCUT2D eigenvalue weighted by Gasteiger charge is 2.04. The molecule has 1 heterocycles. The molecule has 0 aliphatic rings. The van der Waals surface area contributed by atoms with E-state index >= 15 is 0 Å². The number of aryl methyl sites for hydroxylation is 1. The molecular weight excluding hydrogens is 182 g/mol. The van der Waals surface area contributed by atoms with Gasteiger partial charge in [-0.2, -0.15) is 0 Å². The molecule has 0 aliphatic heterocycles. The van der Waals surface area contributed by atoms with Gasteiger partial charge in [-0.25, -0.2) is 4.98 Å². The van der Waals surface area contributed by atoms with Crippen molar-refractivity contribution in [1.29, 1.82) is 0 Å². The second-order valence-electron chi connectivity index (χ2n) is 2.80. The second-order valence-corrected chi connectivity index (χ2v) is 2.80. The number of carbonyl (C=O) groups is 1. The molecule has 0 saturated carbocycles. The number of pyridine rings is 1. The molecular formula is C9H13N3O2. The number of nitrogens with two attached hydrogens (primary N) is 1. The van der Waals surface area contributed by atoms with Gasteiger partial charge in [0.15, 0.2) is 18.2 Å². The summed E-state index contributed by atoms with van der Waals surface area (Å²) >= 11 is 0. The predicted molar refractivity (Wildman–Crippen MR) is 52.9 cm³/mol. The first-order chi connectivity index (χ1) is 6.63. The maximum Gasteiger partial charge on any atom is 0.257 e. The predicted octanol–water partition coefficient (Wildman–Crippen LogP) is 0.0970. The van der Waals surface area contributed by atoms with Crippen molar-refractivity contribution in [2.24, 2.45) is 0 Å². The number of ether oxygens (including phenoxy) is 1. The van der Waals surface area contributed by atoms with Crippen LogP contribution in [0.4, 0.5) is 5.82 Å². The average Bonchev–Trinajstić information content (AvgIpc) is 2.16. The molecule has 5 nitrogen and oxygen atoms in total. The van der Waals surface area contributed by atoms with Crippen molar-refractivity contribution in [2.75, 3.05) is 19.4 Å². The van der Waals surface area contributed by atoms with Crippen molar-refractivity contribution >= 4 is 11.7 Å². The molecule has 0 unspecified atom stereocenters. The number of hydrogen-bond acceptors (Lipinski definition) is 4. The normalized spacial score (nSPS) is 9.57. The van der Waals surface area contributed by atoms with Crippen molar-refractivity contribution in [2.45, 2.75) is 6.92 Å². The number of anilines is 1. The molecule has 1 aromatic heterocycles. The van der Waals surface area contributed by atoms with Crippen LogP contribution < -0.4 is 15.8 Å². The molecule has 5 heteroatoms. The van der Waals surface area contributed by atoms with E-state index in [1.165, 1.54) is 0 Å². The van der Waals surface area contributed by atoms with Crippen LogP contribution >= 0.6 is 0 Å². The van der Waals surface area contributed by atoms with Crippen LogP contribution in [-0.2, 0) is 4.79 Å². The molecule has 3 N–H and O–H groups in total. The smallest absolute Gasteiger partial charge is 0.257 e. The Morgan fingerprint density at radius 2 is 2.36 bits per heavy atom. The Morgan fingerprint density at radius 1 is 1.64 bits per heavy atom. The number of nitrogens with one attached hydrogen (secondary N) is 1. The van der Waals surface area contributed by atoms with Crippen molar-refractivity contribution in [3.05, 3.63) is 17.8 Å². The fourth-order valence-electron chi connectivity index (χ4n) is 0.902. The number of nitrogens with zero attached hydrogens (tertiary/aromatic N) is 1. The molecule has 0 aromatic carbocycles. The summed E-state index contributed by atoms with van der Waals surface area (Å²) in [6, 6.07) is 3.47. The van der Waals surface area contributed by atoms with Crippen molar-refractivity contribution in [3.63, 3.8) is 0 Å².